The van der Waals surface area contributed by atoms with Crippen molar-refractivity contribution < 1.29 is 14.7 Å². The van der Waals surface area contributed by atoms with Crippen molar-refractivity contribution in [3.8, 4) is 0 Å². The lowest BCUT2D eigenvalue weighted by Crippen LogP contribution is -2.55. The van der Waals surface area contributed by atoms with Gasteiger partial charge in [-0.3, -0.25) is 4.90 Å². The maximum atomic E-state index is 12.1. The van der Waals surface area contributed by atoms with Gasteiger partial charge in [-0.15, -0.1) is 0 Å². The van der Waals surface area contributed by atoms with E-state index in [1.165, 1.54) is 0 Å². The number of urea groups is 1. The summed E-state index contributed by atoms with van der Waals surface area (Å²) in [5, 5.41) is 11.8. The number of nitrogens with zero attached hydrogens (tertiary/aromatic N) is 2. The number of piperazine rings is 1. The van der Waals surface area contributed by atoms with E-state index in [0.29, 0.717) is 25.4 Å². The first-order valence-corrected chi connectivity index (χ1v) is 7.94. The number of amides is 2. The van der Waals surface area contributed by atoms with Crippen molar-refractivity contribution in [2.45, 2.75) is 46.1 Å². The van der Waals surface area contributed by atoms with Crippen LogP contribution in [0.3, 0.4) is 0 Å². The third kappa shape index (κ3) is 6.33. The topological polar surface area (TPSA) is 72.9 Å². The molecule has 2 N–H and O–H groups in total. The van der Waals surface area contributed by atoms with Gasteiger partial charge >= 0.3 is 12.0 Å². The predicted octanol–water partition coefficient (Wildman–Crippen LogP) is 1.61. The van der Waals surface area contributed by atoms with Crippen molar-refractivity contribution in [2.24, 2.45) is 5.92 Å². The number of carboxylic acids is 1. The van der Waals surface area contributed by atoms with E-state index in [-0.39, 0.29) is 6.03 Å². The molecule has 0 saturated carbocycles. The zero-order chi connectivity index (χ0) is 15.8. The van der Waals surface area contributed by atoms with Crippen LogP contribution in [0.1, 0.15) is 40.0 Å². The van der Waals surface area contributed by atoms with Gasteiger partial charge in [0.15, 0.2) is 0 Å². The summed E-state index contributed by atoms with van der Waals surface area (Å²) in [7, 11) is 0. The van der Waals surface area contributed by atoms with Crippen molar-refractivity contribution in [3.05, 3.63) is 0 Å². The minimum Gasteiger partial charge on any atom is -0.480 e. The van der Waals surface area contributed by atoms with Crippen LogP contribution < -0.4 is 5.32 Å². The fourth-order valence-corrected chi connectivity index (χ4v) is 2.56. The Morgan fingerprint density at radius 3 is 2.29 bits per heavy atom. The normalized spacial score (nSPS) is 17.8. The second-order valence-electron chi connectivity index (χ2n) is 6.16. The second-order valence-corrected chi connectivity index (χ2v) is 6.16. The van der Waals surface area contributed by atoms with E-state index in [0.717, 1.165) is 32.5 Å². The molecule has 6 heteroatoms. The van der Waals surface area contributed by atoms with E-state index in [1.54, 1.807) is 4.90 Å². The lowest BCUT2D eigenvalue weighted by Gasteiger charge is -2.36. The Hall–Kier alpha value is -1.30. The molecule has 0 spiro atoms. The summed E-state index contributed by atoms with van der Waals surface area (Å²) in [6, 6.07) is -1.02. The molecule has 6 nitrogen and oxygen atoms in total. The van der Waals surface area contributed by atoms with Gasteiger partial charge in [-0.25, -0.2) is 9.59 Å². The number of carboxylic acid groups (broad SMARTS) is 1. The molecular weight excluding hydrogens is 270 g/mol. The van der Waals surface area contributed by atoms with Crippen molar-refractivity contribution >= 4 is 12.0 Å². The highest BCUT2D eigenvalue weighted by atomic mass is 16.4. The molecule has 1 aliphatic heterocycles. The number of nitrogens with one attached hydrogen (secondary N) is 1. The van der Waals surface area contributed by atoms with Crippen molar-refractivity contribution in [2.75, 3.05) is 32.7 Å². The van der Waals surface area contributed by atoms with Gasteiger partial charge in [0.05, 0.1) is 0 Å². The molecule has 1 fully saturated rings. The zero-order valence-corrected chi connectivity index (χ0v) is 13.5. The fraction of sp³-hybridized carbons (Fsp3) is 0.867. The Labute approximate surface area is 127 Å². The lowest BCUT2D eigenvalue weighted by molar-refractivity contribution is -0.139. The Kier molecular flexibility index (Phi) is 7.50. The summed E-state index contributed by atoms with van der Waals surface area (Å²) < 4.78 is 0. The highest BCUT2D eigenvalue weighted by molar-refractivity contribution is 5.82. The molecule has 1 rings (SSSR count). The minimum atomic E-state index is -0.949. The molecule has 0 bridgehead atoms. The molecule has 0 aromatic rings. The summed E-state index contributed by atoms with van der Waals surface area (Å²) in [6.45, 7) is 10.5. The molecule has 122 valence electrons. The fourth-order valence-electron chi connectivity index (χ4n) is 2.56. The molecule has 0 aromatic carbocycles. The number of aliphatic carboxylic acids is 1. The average Bonchev–Trinajstić information content (AvgIpc) is 2.43. The van der Waals surface area contributed by atoms with E-state index >= 15 is 0 Å². The SMILES string of the molecule is CCCC[C@H](NC(=O)N1CCN(CC(C)C)CC1)C(=O)O. The van der Waals surface area contributed by atoms with E-state index in [2.05, 4.69) is 24.1 Å². The molecule has 2 amide bonds. The molecule has 0 unspecified atom stereocenters. The first-order chi connectivity index (χ1) is 9.93. The molecular formula is C15H29N3O3. The maximum Gasteiger partial charge on any atom is 0.326 e. The van der Waals surface area contributed by atoms with E-state index in [9.17, 15) is 9.59 Å². The first kappa shape index (κ1) is 17.8. The number of unbranched alkanes of at least 4 members (excludes halogenated alkanes) is 1. The average molecular weight is 299 g/mol. The number of hydrogen-bond acceptors (Lipinski definition) is 3. The molecule has 0 aliphatic carbocycles. The van der Waals surface area contributed by atoms with Gasteiger partial charge < -0.3 is 15.3 Å². The van der Waals surface area contributed by atoms with Crippen molar-refractivity contribution in [3.63, 3.8) is 0 Å². The smallest absolute Gasteiger partial charge is 0.326 e. The summed E-state index contributed by atoms with van der Waals surface area (Å²) >= 11 is 0. The van der Waals surface area contributed by atoms with E-state index in [4.69, 9.17) is 5.11 Å². The van der Waals surface area contributed by atoms with Crippen LogP contribution in [0.5, 0.6) is 0 Å². The second kappa shape index (κ2) is 8.87. The monoisotopic (exact) mass is 299 g/mol. The predicted molar refractivity (Wildman–Crippen MR) is 82.3 cm³/mol. The van der Waals surface area contributed by atoms with Gasteiger partial charge in [-0.05, 0) is 12.3 Å². The summed E-state index contributed by atoms with van der Waals surface area (Å²) in [6.07, 6.45) is 2.22. The van der Waals surface area contributed by atoms with Gasteiger partial charge in [0, 0.05) is 32.7 Å². The Morgan fingerprint density at radius 2 is 1.81 bits per heavy atom. The van der Waals surface area contributed by atoms with Crippen molar-refractivity contribution in [1.82, 2.24) is 15.1 Å². The number of carbonyl (C=O) groups excluding carboxylic acids is 1. The van der Waals surface area contributed by atoms with Crippen LogP contribution in [-0.2, 0) is 4.79 Å². The van der Waals surface area contributed by atoms with Crippen LogP contribution in [0, 0.1) is 5.92 Å². The Morgan fingerprint density at radius 1 is 1.19 bits per heavy atom. The molecule has 21 heavy (non-hydrogen) atoms. The minimum absolute atomic E-state index is 0.247. The van der Waals surface area contributed by atoms with Crippen molar-refractivity contribution in [1.29, 1.82) is 0 Å². The number of carbonyl (C=O) groups is 2. The van der Waals surface area contributed by atoms with Crippen LogP contribution in [-0.4, -0.2) is 65.7 Å². The van der Waals surface area contributed by atoms with Crippen LogP contribution >= 0.6 is 0 Å². The third-order valence-corrected chi connectivity index (χ3v) is 3.73. The van der Waals surface area contributed by atoms with Gasteiger partial charge in [-0.1, -0.05) is 33.6 Å². The zero-order valence-electron chi connectivity index (χ0n) is 13.5. The third-order valence-electron chi connectivity index (χ3n) is 3.73. The van der Waals surface area contributed by atoms with Crippen LogP contribution in [0.2, 0.25) is 0 Å². The summed E-state index contributed by atoms with van der Waals surface area (Å²) in [5.41, 5.74) is 0. The molecule has 1 saturated heterocycles. The molecule has 1 aliphatic rings. The van der Waals surface area contributed by atoms with E-state index in [1.807, 2.05) is 6.92 Å². The first-order valence-electron chi connectivity index (χ1n) is 7.94. The molecule has 1 atom stereocenters. The lowest BCUT2D eigenvalue weighted by atomic mass is 10.1. The van der Waals surface area contributed by atoms with E-state index < -0.39 is 12.0 Å². The Bertz CT molecular complexity index is 339. The van der Waals surface area contributed by atoms with Crippen LogP contribution in [0.25, 0.3) is 0 Å². The highest BCUT2D eigenvalue weighted by Gasteiger charge is 2.25. The van der Waals surface area contributed by atoms with Gasteiger partial charge in [0.2, 0.25) is 0 Å². The van der Waals surface area contributed by atoms with Gasteiger partial charge in [0.1, 0.15) is 6.04 Å². The largest absolute Gasteiger partial charge is 0.480 e. The summed E-state index contributed by atoms with van der Waals surface area (Å²) in [5.74, 6) is -0.328. The molecule has 0 radical (unpaired) electrons. The Balaban J connectivity index is 2.40. The quantitative estimate of drug-likeness (QED) is 0.749. The number of rotatable bonds is 7. The van der Waals surface area contributed by atoms with Gasteiger partial charge in [-0.2, -0.15) is 0 Å². The maximum absolute atomic E-state index is 12.1. The van der Waals surface area contributed by atoms with Crippen LogP contribution in [0.4, 0.5) is 4.79 Å². The number of hydrogen-bond donors (Lipinski definition) is 2. The standard InChI is InChI=1S/C15H29N3O3/c1-4-5-6-13(14(19)20)16-15(21)18-9-7-17(8-10-18)11-12(2)3/h12-13H,4-11H2,1-3H3,(H,16,21)(H,19,20)/t13-/m0/s1. The summed E-state index contributed by atoms with van der Waals surface area (Å²) in [4.78, 5) is 27.4. The highest BCUT2D eigenvalue weighted by Crippen LogP contribution is 2.07. The molecule has 0 aromatic heterocycles. The molecule has 1 heterocycles. The van der Waals surface area contributed by atoms with Crippen LogP contribution in [0.15, 0.2) is 0 Å². The van der Waals surface area contributed by atoms with Gasteiger partial charge in [0.25, 0.3) is 0 Å².